The quantitative estimate of drug-likeness (QED) is 0.832. The Hall–Kier alpha value is -1.60. The molecule has 6 nitrogen and oxygen atoms in total. The molecule has 0 heterocycles. The highest BCUT2D eigenvalue weighted by Crippen LogP contribution is 2.13. The van der Waals surface area contributed by atoms with E-state index in [2.05, 4.69) is 4.72 Å². The lowest BCUT2D eigenvalue weighted by Crippen LogP contribution is -2.28. The van der Waals surface area contributed by atoms with Gasteiger partial charge in [0.2, 0.25) is 0 Å². The summed E-state index contributed by atoms with van der Waals surface area (Å²) in [5, 5.41) is 0. The Morgan fingerprint density at radius 2 is 1.74 bits per heavy atom. The van der Waals surface area contributed by atoms with E-state index in [0.717, 1.165) is 4.31 Å². The topological polar surface area (TPSA) is 75.7 Å². The van der Waals surface area contributed by atoms with Gasteiger partial charge in [0, 0.05) is 19.8 Å². The van der Waals surface area contributed by atoms with Crippen LogP contribution < -0.4 is 4.72 Å². The molecule has 1 aromatic rings. The molecule has 0 saturated heterocycles. The molecule has 0 spiro atoms. The number of hydrogen-bond donors (Lipinski definition) is 1. The molecule has 0 unspecified atom stereocenters. The number of rotatable bonds is 5. The monoisotopic (exact) mass is 286 g/mol. The summed E-state index contributed by atoms with van der Waals surface area (Å²) in [6.45, 7) is 3.52. The highest BCUT2D eigenvalue weighted by atomic mass is 32.2. The zero-order chi connectivity index (χ0) is 14.6. The molecule has 1 aromatic carbocycles. The number of hydrogen-bond acceptors (Lipinski definition) is 4. The van der Waals surface area contributed by atoms with Crippen molar-refractivity contribution in [1.29, 1.82) is 0 Å². The molecule has 1 rings (SSSR count). The van der Waals surface area contributed by atoms with Gasteiger partial charge in [-0.15, -0.1) is 0 Å². The Balaban J connectivity index is 2.80. The Bertz CT molecular complexity index is 535. The van der Waals surface area contributed by atoms with E-state index in [1.807, 2.05) is 0 Å². The number of benzene rings is 1. The molecule has 0 saturated carbocycles. The van der Waals surface area contributed by atoms with Crippen LogP contribution in [0.5, 0.6) is 0 Å². The van der Waals surface area contributed by atoms with Gasteiger partial charge in [-0.1, -0.05) is 0 Å². The molecule has 0 radical (unpaired) electrons. The minimum Gasteiger partial charge on any atom is -0.459 e. The first kappa shape index (κ1) is 15.5. The van der Waals surface area contributed by atoms with Crippen molar-refractivity contribution in [1.82, 2.24) is 4.31 Å². The molecule has 0 fully saturated rings. The normalized spacial score (nSPS) is 11.7. The molecule has 1 N–H and O–H groups in total. The Morgan fingerprint density at radius 3 is 2.16 bits per heavy atom. The van der Waals surface area contributed by atoms with E-state index < -0.39 is 16.2 Å². The van der Waals surface area contributed by atoms with Crippen LogP contribution in [0.1, 0.15) is 24.2 Å². The van der Waals surface area contributed by atoms with E-state index in [4.69, 9.17) is 4.74 Å². The van der Waals surface area contributed by atoms with Crippen LogP contribution in [0.2, 0.25) is 0 Å². The van der Waals surface area contributed by atoms with E-state index in [0.29, 0.717) is 11.3 Å². The highest BCUT2D eigenvalue weighted by molar-refractivity contribution is 7.90. The van der Waals surface area contributed by atoms with Crippen molar-refractivity contribution < 1.29 is 17.9 Å². The average molecular weight is 286 g/mol. The van der Waals surface area contributed by atoms with Crippen LogP contribution in [0.25, 0.3) is 0 Å². The van der Waals surface area contributed by atoms with E-state index in [1.165, 1.54) is 38.4 Å². The second-order valence-electron chi connectivity index (χ2n) is 4.42. The van der Waals surface area contributed by atoms with Crippen LogP contribution in [0.4, 0.5) is 5.69 Å². The van der Waals surface area contributed by atoms with Crippen LogP contribution >= 0.6 is 0 Å². The van der Waals surface area contributed by atoms with E-state index in [9.17, 15) is 13.2 Å². The number of nitrogens with zero attached hydrogens (tertiary/aromatic N) is 1. The zero-order valence-corrected chi connectivity index (χ0v) is 12.2. The minimum absolute atomic E-state index is 0.195. The molecule has 106 valence electrons. The van der Waals surface area contributed by atoms with Crippen LogP contribution in [-0.2, 0) is 14.9 Å². The van der Waals surface area contributed by atoms with Crippen LogP contribution in [-0.4, -0.2) is 38.9 Å². The lowest BCUT2D eigenvalue weighted by Gasteiger charge is -2.13. The van der Waals surface area contributed by atoms with Gasteiger partial charge in [0.15, 0.2) is 0 Å². The summed E-state index contributed by atoms with van der Waals surface area (Å²) in [5.74, 6) is -0.433. The summed E-state index contributed by atoms with van der Waals surface area (Å²) in [4.78, 5) is 11.6. The molecule has 0 aliphatic rings. The van der Waals surface area contributed by atoms with Crippen LogP contribution in [0.3, 0.4) is 0 Å². The predicted molar refractivity (Wildman–Crippen MR) is 73.2 cm³/mol. The molecule has 7 heteroatoms. The molecule has 0 aliphatic heterocycles. The molecule has 0 aliphatic carbocycles. The number of nitrogens with one attached hydrogen (secondary N) is 1. The Kier molecular flexibility index (Phi) is 4.90. The maximum absolute atomic E-state index is 11.6. The van der Waals surface area contributed by atoms with Gasteiger partial charge in [-0.25, -0.2) is 4.79 Å². The predicted octanol–water partition coefficient (Wildman–Crippen LogP) is 1.47. The summed E-state index contributed by atoms with van der Waals surface area (Å²) in [6, 6.07) is 6.05. The van der Waals surface area contributed by atoms with Gasteiger partial charge in [-0.2, -0.15) is 12.7 Å². The number of anilines is 1. The molecular formula is C12H18N2O4S. The SMILES string of the molecule is CC(C)OC(=O)c1ccc(NS(=O)(=O)N(C)C)cc1. The van der Waals surface area contributed by atoms with Gasteiger partial charge < -0.3 is 4.74 Å². The third-order valence-electron chi connectivity index (χ3n) is 2.19. The average Bonchev–Trinajstić information content (AvgIpc) is 2.28. The summed E-state index contributed by atoms with van der Waals surface area (Å²) >= 11 is 0. The van der Waals surface area contributed by atoms with Crippen molar-refractivity contribution in [2.45, 2.75) is 20.0 Å². The molecule has 0 aromatic heterocycles. The van der Waals surface area contributed by atoms with Gasteiger partial charge in [0.1, 0.15) is 0 Å². The third kappa shape index (κ3) is 4.53. The molecule has 0 bridgehead atoms. The summed E-state index contributed by atoms with van der Waals surface area (Å²) in [5.41, 5.74) is 0.760. The van der Waals surface area contributed by atoms with Crippen LogP contribution in [0.15, 0.2) is 24.3 Å². The second-order valence-corrected chi connectivity index (χ2v) is 6.31. The van der Waals surface area contributed by atoms with Crippen molar-refractivity contribution in [3.63, 3.8) is 0 Å². The van der Waals surface area contributed by atoms with E-state index in [-0.39, 0.29) is 6.10 Å². The first-order chi connectivity index (χ1) is 8.72. The maximum atomic E-state index is 11.6. The lowest BCUT2D eigenvalue weighted by molar-refractivity contribution is 0.0378. The lowest BCUT2D eigenvalue weighted by atomic mass is 10.2. The molecule has 0 amide bonds. The summed E-state index contributed by atoms with van der Waals surface area (Å²) in [6.07, 6.45) is -0.195. The minimum atomic E-state index is -3.54. The number of carbonyl (C=O) groups is 1. The summed E-state index contributed by atoms with van der Waals surface area (Å²) < 4.78 is 31.6. The van der Waals surface area contributed by atoms with Crippen molar-refractivity contribution in [2.75, 3.05) is 18.8 Å². The van der Waals surface area contributed by atoms with Gasteiger partial charge in [0.25, 0.3) is 0 Å². The molecule has 19 heavy (non-hydrogen) atoms. The Morgan fingerprint density at radius 1 is 1.21 bits per heavy atom. The van der Waals surface area contributed by atoms with Gasteiger partial charge in [0.05, 0.1) is 11.7 Å². The number of ether oxygens (including phenoxy) is 1. The van der Waals surface area contributed by atoms with Crippen LogP contribution in [0, 0.1) is 0 Å². The van der Waals surface area contributed by atoms with Crippen molar-refractivity contribution >= 4 is 21.9 Å². The third-order valence-corrected chi connectivity index (χ3v) is 3.65. The van der Waals surface area contributed by atoms with Crippen molar-refractivity contribution in [3.05, 3.63) is 29.8 Å². The fourth-order valence-corrected chi connectivity index (χ4v) is 1.81. The first-order valence-electron chi connectivity index (χ1n) is 5.73. The maximum Gasteiger partial charge on any atom is 0.338 e. The van der Waals surface area contributed by atoms with E-state index in [1.54, 1.807) is 13.8 Å². The van der Waals surface area contributed by atoms with Gasteiger partial charge in [-0.3, -0.25) is 4.72 Å². The molecule has 0 atom stereocenters. The fourth-order valence-electron chi connectivity index (χ4n) is 1.20. The van der Waals surface area contributed by atoms with Gasteiger partial charge in [-0.05, 0) is 38.1 Å². The standard InChI is InChI=1S/C12H18N2O4S/c1-9(2)18-12(15)10-5-7-11(8-6-10)13-19(16,17)14(3)4/h5-9,13H,1-4H3. The van der Waals surface area contributed by atoms with Gasteiger partial charge >= 0.3 is 16.2 Å². The first-order valence-corrected chi connectivity index (χ1v) is 7.17. The summed E-state index contributed by atoms with van der Waals surface area (Å²) in [7, 11) is -0.682. The van der Waals surface area contributed by atoms with E-state index >= 15 is 0 Å². The zero-order valence-electron chi connectivity index (χ0n) is 11.4. The second kappa shape index (κ2) is 6.03. The Labute approximate surface area is 113 Å². The fraction of sp³-hybridized carbons (Fsp3) is 0.417. The van der Waals surface area contributed by atoms with Crippen molar-refractivity contribution in [2.24, 2.45) is 0 Å². The number of carbonyl (C=O) groups excluding carboxylic acids is 1. The molecular weight excluding hydrogens is 268 g/mol. The van der Waals surface area contributed by atoms with Crippen molar-refractivity contribution in [3.8, 4) is 0 Å². The highest BCUT2D eigenvalue weighted by Gasteiger charge is 2.14. The largest absolute Gasteiger partial charge is 0.459 e. The number of esters is 1. The smallest absolute Gasteiger partial charge is 0.338 e.